The summed E-state index contributed by atoms with van der Waals surface area (Å²) < 4.78 is 4.82. The Kier molecular flexibility index (Phi) is 3.12. The minimum atomic E-state index is -0.860. The van der Waals surface area contributed by atoms with Gasteiger partial charge >= 0.3 is 5.97 Å². The number of aromatic nitrogens is 1. The van der Waals surface area contributed by atoms with Gasteiger partial charge in [0.15, 0.2) is 0 Å². The molecule has 1 fully saturated rings. The van der Waals surface area contributed by atoms with Crippen molar-refractivity contribution in [2.75, 3.05) is 0 Å². The minimum Gasteiger partial charge on any atom is -0.481 e. The molecule has 1 saturated carbocycles. The van der Waals surface area contributed by atoms with Crippen LogP contribution in [0.1, 0.15) is 35.5 Å². The summed E-state index contributed by atoms with van der Waals surface area (Å²) in [6.07, 6.45) is 2.11. The first-order chi connectivity index (χ1) is 8.08. The number of nitrogens with zero attached hydrogens (tertiary/aromatic N) is 1. The SMILES string of the molecule is Cc1cc(C(=O)N[C@@H]2CCC[C@@H]2C(=O)O)on1. The highest BCUT2D eigenvalue weighted by molar-refractivity contribution is 5.92. The molecule has 2 N–H and O–H groups in total. The second kappa shape index (κ2) is 4.57. The summed E-state index contributed by atoms with van der Waals surface area (Å²) in [4.78, 5) is 22.7. The van der Waals surface area contributed by atoms with E-state index in [1.54, 1.807) is 6.92 Å². The highest BCUT2D eigenvalue weighted by Crippen LogP contribution is 2.26. The number of carboxylic acids is 1. The van der Waals surface area contributed by atoms with E-state index in [1.165, 1.54) is 6.07 Å². The van der Waals surface area contributed by atoms with Gasteiger partial charge in [-0.05, 0) is 19.8 Å². The van der Waals surface area contributed by atoms with Crippen LogP contribution in [0.3, 0.4) is 0 Å². The molecule has 0 aromatic carbocycles. The second-order valence-corrected chi connectivity index (χ2v) is 4.29. The maximum Gasteiger partial charge on any atom is 0.308 e. The Morgan fingerprint density at radius 1 is 1.53 bits per heavy atom. The van der Waals surface area contributed by atoms with Crippen molar-refractivity contribution in [3.63, 3.8) is 0 Å². The third kappa shape index (κ3) is 2.46. The first-order valence-electron chi connectivity index (χ1n) is 5.55. The Bertz CT molecular complexity index is 440. The molecule has 1 aromatic heterocycles. The maximum atomic E-state index is 11.7. The second-order valence-electron chi connectivity index (χ2n) is 4.29. The lowest BCUT2D eigenvalue weighted by molar-refractivity contribution is -0.142. The standard InChI is InChI=1S/C11H14N2O4/c1-6-5-9(17-13-6)10(14)12-8-4-2-3-7(8)11(15)16/h5,7-8H,2-4H2,1H3,(H,12,14)(H,15,16)/t7-,8+/m0/s1. The number of aliphatic carboxylic acids is 1. The van der Waals surface area contributed by atoms with Gasteiger partial charge in [-0.15, -0.1) is 0 Å². The Morgan fingerprint density at radius 2 is 2.29 bits per heavy atom. The van der Waals surface area contributed by atoms with Gasteiger partial charge in [-0.25, -0.2) is 0 Å². The molecule has 1 aliphatic rings. The molecule has 17 heavy (non-hydrogen) atoms. The zero-order valence-electron chi connectivity index (χ0n) is 9.47. The number of hydrogen-bond acceptors (Lipinski definition) is 4. The molecule has 1 heterocycles. The van der Waals surface area contributed by atoms with E-state index >= 15 is 0 Å². The highest BCUT2D eigenvalue weighted by Gasteiger charge is 2.34. The van der Waals surface area contributed by atoms with Crippen LogP contribution in [0.15, 0.2) is 10.6 Å². The van der Waals surface area contributed by atoms with Gasteiger partial charge in [0.05, 0.1) is 11.6 Å². The molecule has 0 spiro atoms. The molecule has 92 valence electrons. The van der Waals surface area contributed by atoms with Gasteiger partial charge in [0.25, 0.3) is 5.91 Å². The molecule has 6 heteroatoms. The zero-order chi connectivity index (χ0) is 12.4. The number of carbonyl (C=O) groups is 2. The van der Waals surface area contributed by atoms with Crippen LogP contribution in [-0.2, 0) is 4.79 Å². The first kappa shape index (κ1) is 11.6. The van der Waals surface area contributed by atoms with Crippen molar-refractivity contribution in [1.29, 1.82) is 0 Å². The maximum absolute atomic E-state index is 11.7. The lowest BCUT2D eigenvalue weighted by atomic mass is 10.0. The summed E-state index contributed by atoms with van der Waals surface area (Å²) in [6, 6.07) is 1.21. The third-order valence-electron chi connectivity index (χ3n) is 3.00. The number of hydrogen-bond donors (Lipinski definition) is 2. The molecule has 6 nitrogen and oxygen atoms in total. The summed E-state index contributed by atoms with van der Waals surface area (Å²) in [5.74, 6) is -1.63. The van der Waals surface area contributed by atoms with Gasteiger partial charge in [0.2, 0.25) is 5.76 Å². The lowest BCUT2D eigenvalue weighted by Gasteiger charge is -2.16. The first-order valence-corrected chi connectivity index (χ1v) is 5.55. The summed E-state index contributed by atoms with van der Waals surface area (Å²) in [5.41, 5.74) is 0.622. The molecule has 1 amide bonds. The predicted molar refractivity (Wildman–Crippen MR) is 57.5 cm³/mol. The Labute approximate surface area is 98.0 Å². The van der Waals surface area contributed by atoms with Gasteiger partial charge < -0.3 is 14.9 Å². The topological polar surface area (TPSA) is 92.4 Å². The van der Waals surface area contributed by atoms with Crippen molar-refractivity contribution in [1.82, 2.24) is 10.5 Å². The smallest absolute Gasteiger partial charge is 0.308 e. The number of rotatable bonds is 3. The van der Waals surface area contributed by atoms with Crippen molar-refractivity contribution < 1.29 is 19.2 Å². The van der Waals surface area contributed by atoms with E-state index in [9.17, 15) is 9.59 Å². The summed E-state index contributed by atoms with van der Waals surface area (Å²) >= 11 is 0. The molecule has 2 atom stereocenters. The van der Waals surface area contributed by atoms with E-state index in [0.29, 0.717) is 18.5 Å². The number of nitrogens with one attached hydrogen (secondary N) is 1. The van der Waals surface area contributed by atoms with E-state index in [1.807, 2.05) is 0 Å². The Morgan fingerprint density at radius 3 is 2.88 bits per heavy atom. The minimum absolute atomic E-state index is 0.124. The van der Waals surface area contributed by atoms with Gasteiger partial charge in [0.1, 0.15) is 0 Å². The molecule has 0 radical (unpaired) electrons. The van der Waals surface area contributed by atoms with Gasteiger partial charge in [-0.2, -0.15) is 0 Å². The fraction of sp³-hybridized carbons (Fsp3) is 0.545. The fourth-order valence-electron chi connectivity index (χ4n) is 2.14. The van der Waals surface area contributed by atoms with Crippen LogP contribution in [0.25, 0.3) is 0 Å². The largest absolute Gasteiger partial charge is 0.481 e. The van der Waals surface area contributed by atoms with E-state index in [4.69, 9.17) is 9.63 Å². The molecule has 2 rings (SSSR count). The molecule has 0 bridgehead atoms. The average molecular weight is 238 g/mol. The van der Waals surface area contributed by atoms with Crippen LogP contribution in [0.4, 0.5) is 0 Å². The number of amides is 1. The van der Waals surface area contributed by atoms with Gasteiger partial charge in [0, 0.05) is 12.1 Å². The number of carboxylic acid groups (broad SMARTS) is 1. The van der Waals surface area contributed by atoms with Crippen molar-refractivity contribution >= 4 is 11.9 Å². The van der Waals surface area contributed by atoms with Crippen molar-refractivity contribution in [2.24, 2.45) is 5.92 Å². The number of carbonyl (C=O) groups excluding carboxylic acids is 1. The third-order valence-corrected chi connectivity index (χ3v) is 3.00. The van der Waals surface area contributed by atoms with Crippen LogP contribution in [-0.4, -0.2) is 28.2 Å². The zero-order valence-corrected chi connectivity index (χ0v) is 9.47. The molecular weight excluding hydrogens is 224 g/mol. The van der Waals surface area contributed by atoms with E-state index in [-0.39, 0.29) is 11.8 Å². The molecule has 1 aliphatic carbocycles. The summed E-state index contributed by atoms with van der Waals surface area (Å²) in [7, 11) is 0. The van der Waals surface area contributed by atoms with Crippen LogP contribution in [0, 0.1) is 12.8 Å². The lowest BCUT2D eigenvalue weighted by Crippen LogP contribution is -2.40. The average Bonchev–Trinajstić information content (AvgIpc) is 2.86. The Hall–Kier alpha value is -1.85. The van der Waals surface area contributed by atoms with Crippen molar-refractivity contribution in [3.8, 4) is 0 Å². The Balaban J connectivity index is 2.01. The predicted octanol–water partition coefficient (Wildman–Crippen LogP) is 0.966. The molecule has 0 saturated heterocycles. The van der Waals surface area contributed by atoms with Crippen molar-refractivity contribution in [3.05, 3.63) is 17.5 Å². The normalized spacial score (nSPS) is 23.6. The van der Waals surface area contributed by atoms with Crippen molar-refractivity contribution in [2.45, 2.75) is 32.2 Å². The summed E-state index contributed by atoms with van der Waals surface area (Å²) in [5, 5.41) is 15.3. The van der Waals surface area contributed by atoms with E-state index in [0.717, 1.165) is 6.42 Å². The van der Waals surface area contributed by atoms with Crippen LogP contribution < -0.4 is 5.32 Å². The monoisotopic (exact) mass is 238 g/mol. The van der Waals surface area contributed by atoms with Crippen LogP contribution in [0.2, 0.25) is 0 Å². The number of aryl methyl sites for hydroxylation is 1. The molecule has 0 unspecified atom stereocenters. The van der Waals surface area contributed by atoms with E-state index in [2.05, 4.69) is 10.5 Å². The van der Waals surface area contributed by atoms with Gasteiger partial charge in [-0.1, -0.05) is 11.6 Å². The quantitative estimate of drug-likeness (QED) is 0.818. The molecule has 0 aliphatic heterocycles. The van der Waals surface area contributed by atoms with Crippen LogP contribution >= 0.6 is 0 Å². The molecule has 1 aromatic rings. The van der Waals surface area contributed by atoms with Crippen LogP contribution in [0.5, 0.6) is 0 Å². The van der Waals surface area contributed by atoms with Gasteiger partial charge in [-0.3, -0.25) is 9.59 Å². The molecular formula is C11H14N2O4. The highest BCUT2D eigenvalue weighted by atomic mass is 16.5. The fourth-order valence-corrected chi connectivity index (χ4v) is 2.14. The summed E-state index contributed by atoms with van der Waals surface area (Å²) in [6.45, 7) is 1.72. The van der Waals surface area contributed by atoms with E-state index < -0.39 is 17.8 Å².